The highest BCUT2D eigenvalue weighted by molar-refractivity contribution is 6.14. The van der Waals surface area contributed by atoms with Crippen LogP contribution in [0.25, 0.3) is 12.2 Å². The molecule has 11 heteroatoms. The molecule has 1 saturated carbocycles. The van der Waals surface area contributed by atoms with Gasteiger partial charge in [-0.1, -0.05) is 24.3 Å². The van der Waals surface area contributed by atoms with Crippen molar-refractivity contribution in [3.8, 4) is 0 Å². The largest absolute Gasteiger partial charge is 0.417 e. The molecular weight excluding hydrogens is 433 g/mol. The maximum absolute atomic E-state index is 13.6. The zero-order valence-corrected chi connectivity index (χ0v) is 16.2. The average Bonchev–Trinajstić information content (AvgIpc) is 2.71. The maximum Gasteiger partial charge on any atom is 0.417 e. The van der Waals surface area contributed by atoms with Gasteiger partial charge in [-0.25, -0.2) is 0 Å². The molecule has 2 aromatic carbocycles. The van der Waals surface area contributed by atoms with E-state index in [1.54, 1.807) is 0 Å². The van der Waals surface area contributed by atoms with Crippen molar-refractivity contribution in [2.75, 3.05) is 0 Å². The number of hydrogen-bond acceptors (Lipinski definition) is 6. The topological polar surface area (TPSA) is 124 Å². The van der Waals surface area contributed by atoms with Crippen LogP contribution >= 0.6 is 0 Å². The van der Waals surface area contributed by atoms with Gasteiger partial charge in [-0.05, 0) is 23.3 Å². The van der Waals surface area contributed by atoms with Crippen LogP contribution in [0.1, 0.15) is 24.0 Å². The van der Waals surface area contributed by atoms with E-state index in [9.17, 15) is 43.3 Å². The molecule has 1 N–H and O–H groups in total. The van der Waals surface area contributed by atoms with E-state index in [2.05, 4.69) is 0 Å². The van der Waals surface area contributed by atoms with Crippen molar-refractivity contribution in [3.63, 3.8) is 0 Å². The smallest absolute Gasteiger partial charge is 0.380 e. The number of halogens is 3. The Labute approximate surface area is 178 Å². The van der Waals surface area contributed by atoms with E-state index in [1.165, 1.54) is 36.4 Å². The number of nitro benzene ring substituents is 2. The quantitative estimate of drug-likeness (QED) is 0.413. The Bertz CT molecular complexity index is 1090. The summed E-state index contributed by atoms with van der Waals surface area (Å²) in [7, 11) is 0. The summed E-state index contributed by atoms with van der Waals surface area (Å²) in [5.74, 6) is -0.795. The number of carbonyl (C=O) groups is 1. The first-order valence-corrected chi connectivity index (χ1v) is 9.13. The number of ketones is 1. The van der Waals surface area contributed by atoms with E-state index in [-0.39, 0.29) is 22.5 Å². The van der Waals surface area contributed by atoms with Gasteiger partial charge in [0.2, 0.25) is 0 Å². The Balaban J connectivity index is 2.10. The molecule has 0 saturated heterocycles. The van der Waals surface area contributed by atoms with Crippen molar-refractivity contribution in [2.45, 2.75) is 24.6 Å². The van der Waals surface area contributed by atoms with Gasteiger partial charge in [-0.15, -0.1) is 0 Å². The number of rotatable bonds is 4. The van der Waals surface area contributed by atoms with E-state index >= 15 is 0 Å². The second-order valence-corrected chi connectivity index (χ2v) is 7.26. The van der Waals surface area contributed by atoms with Gasteiger partial charge in [0.1, 0.15) is 0 Å². The summed E-state index contributed by atoms with van der Waals surface area (Å²) in [4.78, 5) is 33.4. The Kier molecular flexibility index (Phi) is 5.95. The van der Waals surface area contributed by atoms with Crippen molar-refractivity contribution in [1.29, 1.82) is 0 Å². The van der Waals surface area contributed by atoms with E-state index < -0.39 is 51.4 Å². The molecule has 1 fully saturated rings. The van der Waals surface area contributed by atoms with E-state index in [1.807, 2.05) is 0 Å². The monoisotopic (exact) mass is 448 g/mol. The predicted octanol–water partition coefficient (Wildman–Crippen LogP) is 4.63. The Morgan fingerprint density at radius 2 is 1.28 bits per heavy atom. The lowest BCUT2D eigenvalue weighted by Crippen LogP contribution is -2.49. The van der Waals surface area contributed by atoms with Gasteiger partial charge in [-0.3, -0.25) is 25.0 Å². The second kappa shape index (κ2) is 8.35. The van der Waals surface area contributed by atoms with Crippen LogP contribution in [0.3, 0.4) is 0 Å². The minimum atomic E-state index is -5.07. The van der Waals surface area contributed by atoms with Crippen molar-refractivity contribution < 1.29 is 32.9 Å². The molecule has 0 amide bonds. The number of Topliss-reactive ketones (excluding diaryl/α,β-unsaturated/α-hetero) is 1. The summed E-state index contributed by atoms with van der Waals surface area (Å²) in [6.07, 6.45) is -5.02. The fourth-order valence-electron chi connectivity index (χ4n) is 3.35. The number of nitro groups is 2. The Morgan fingerprint density at radius 3 is 1.62 bits per heavy atom. The van der Waals surface area contributed by atoms with Crippen molar-refractivity contribution in [1.82, 2.24) is 0 Å². The third-order valence-electron chi connectivity index (χ3n) is 4.92. The minimum Gasteiger partial charge on any atom is -0.380 e. The van der Waals surface area contributed by atoms with Gasteiger partial charge >= 0.3 is 6.18 Å². The lowest BCUT2D eigenvalue weighted by atomic mass is 9.76. The van der Waals surface area contributed by atoms with Crippen LogP contribution in [-0.2, 0) is 4.79 Å². The summed E-state index contributed by atoms with van der Waals surface area (Å²) >= 11 is 0. The number of nitrogens with zero attached hydrogens (tertiary/aromatic N) is 2. The number of benzene rings is 2. The van der Waals surface area contributed by atoms with Crippen LogP contribution in [0.4, 0.5) is 24.5 Å². The zero-order valence-electron chi connectivity index (χ0n) is 16.2. The van der Waals surface area contributed by atoms with Crippen molar-refractivity contribution in [2.24, 2.45) is 0 Å². The molecule has 0 aliphatic heterocycles. The molecule has 0 aromatic heterocycles. The molecule has 8 nitrogen and oxygen atoms in total. The fraction of sp³-hybridized carbons (Fsp3) is 0.190. The minimum absolute atomic E-state index is 0.115. The maximum atomic E-state index is 13.6. The highest BCUT2D eigenvalue weighted by atomic mass is 19.4. The van der Waals surface area contributed by atoms with Gasteiger partial charge in [0, 0.05) is 48.3 Å². The second-order valence-electron chi connectivity index (χ2n) is 7.26. The lowest BCUT2D eigenvalue weighted by Gasteiger charge is -2.35. The number of alkyl halides is 3. The summed E-state index contributed by atoms with van der Waals surface area (Å²) in [5.41, 5.74) is -4.45. The first-order chi connectivity index (χ1) is 14.9. The van der Waals surface area contributed by atoms with Crippen LogP contribution < -0.4 is 0 Å². The zero-order chi connectivity index (χ0) is 23.7. The number of carbonyl (C=O) groups excluding carboxylic acids is 1. The van der Waals surface area contributed by atoms with E-state index in [4.69, 9.17) is 0 Å². The number of hydrogen-bond donors (Lipinski definition) is 1. The molecule has 0 radical (unpaired) electrons. The molecule has 1 unspecified atom stereocenters. The first kappa shape index (κ1) is 22.8. The molecule has 32 heavy (non-hydrogen) atoms. The molecule has 3 rings (SSSR count). The normalized spacial score (nSPS) is 21.7. The third-order valence-corrected chi connectivity index (χ3v) is 4.92. The number of non-ortho nitro benzene ring substituents is 2. The van der Waals surface area contributed by atoms with Crippen LogP contribution in [0, 0.1) is 20.2 Å². The fourth-order valence-corrected chi connectivity index (χ4v) is 3.35. The lowest BCUT2D eigenvalue weighted by molar-refractivity contribution is -0.385. The van der Waals surface area contributed by atoms with Crippen LogP contribution in [0.5, 0.6) is 0 Å². The molecule has 166 valence electrons. The van der Waals surface area contributed by atoms with Gasteiger partial charge in [0.25, 0.3) is 11.4 Å². The van der Waals surface area contributed by atoms with Crippen LogP contribution in [0.15, 0.2) is 59.7 Å². The molecule has 1 atom stereocenters. The molecule has 2 aromatic rings. The molecular formula is C21H15F3N2O6. The Hall–Kier alpha value is -3.86. The van der Waals surface area contributed by atoms with Crippen molar-refractivity contribution >= 4 is 29.3 Å². The van der Waals surface area contributed by atoms with Gasteiger partial charge in [0.05, 0.1) is 9.85 Å². The molecule has 0 heterocycles. The summed E-state index contributed by atoms with van der Waals surface area (Å²) in [5, 5.41) is 32.2. The third kappa shape index (κ3) is 4.72. The number of aliphatic hydroxyl groups is 1. The Morgan fingerprint density at radius 1 is 0.875 bits per heavy atom. The average molecular weight is 448 g/mol. The molecule has 0 spiro atoms. The summed E-state index contributed by atoms with van der Waals surface area (Å²) in [6.45, 7) is 0. The standard InChI is InChI=1S/C21H15F3N2O6/c22-21(23,24)20(28)11-15(7-13-3-1-5-17(9-13)25(29)30)19(27)16(12-20)8-14-4-2-6-18(10-14)26(31)32/h1-10,28H,11-12H2/b15-7-,16-8+. The molecule has 0 bridgehead atoms. The van der Waals surface area contributed by atoms with Crippen molar-refractivity contribution in [3.05, 3.63) is 91.0 Å². The van der Waals surface area contributed by atoms with Gasteiger partial charge < -0.3 is 5.11 Å². The van der Waals surface area contributed by atoms with E-state index in [0.29, 0.717) is 0 Å². The molecule has 1 aliphatic rings. The first-order valence-electron chi connectivity index (χ1n) is 9.13. The predicted molar refractivity (Wildman–Crippen MR) is 107 cm³/mol. The van der Waals surface area contributed by atoms with Gasteiger partial charge in [-0.2, -0.15) is 13.2 Å². The van der Waals surface area contributed by atoms with Gasteiger partial charge in [0.15, 0.2) is 11.4 Å². The SMILES string of the molecule is O=C1/C(=C\c2cccc([N+](=O)[O-])c2)CC(O)(C(F)(F)F)C/C1=C\c1cccc([N+](=O)[O-])c1. The van der Waals surface area contributed by atoms with Crippen LogP contribution in [-0.4, -0.2) is 32.5 Å². The molecule has 1 aliphatic carbocycles. The van der Waals surface area contributed by atoms with Crippen LogP contribution in [0.2, 0.25) is 0 Å². The highest BCUT2D eigenvalue weighted by Crippen LogP contribution is 2.45. The summed E-state index contributed by atoms with van der Waals surface area (Å²) in [6, 6.07) is 9.92. The van der Waals surface area contributed by atoms with E-state index in [0.717, 1.165) is 24.3 Å². The summed E-state index contributed by atoms with van der Waals surface area (Å²) < 4.78 is 40.9. The highest BCUT2D eigenvalue weighted by Gasteiger charge is 2.57.